The molecule has 0 aliphatic carbocycles. The van der Waals surface area contributed by atoms with Crippen LogP contribution in [0.5, 0.6) is 0 Å². The first-order valence-corrected chi connectivity index (χ1v) is 7.21. The predicted octanol–water partition coefficient (Wildman–Crippen LogP) is 4.73. The van der Waals surface area contributed by atoms with Crippen molar-refractivity contribution in [2.45, 2.75) is 12.5 Å². The van der Waals surface area contributed by atoms with Gasteiger partial charge in [-0.2, -0.15) is 0 Å². The molecule has 0 aliphatic rings. The molecule has 1 nitrogen and oxygen atoms in total. The van der Waals surface area contributed by atoms with Crippen LogP contribution in [-0.2, 0) is 6.42 Å². The molecule has 2 rings (SSSR count). The van der Waals surface area contributed by atoms with E-state index in [0.29, 0.717) is 22.0 Å². The second-order valence-electron chi connectivity index (χ2n) is 4.18. The fourth-order valence-electron chi connectivity index (χ4n) is 1.90. The van der Waals surface area contributed by atoms with E-state index in [9.17, 15) is 8.78 Å². The summed E-state index contributed by atoms with van der Waals surface area (Å²) in [6, 6.07) is 8.53. The monoisotopic (exact) mass is 389 g/mol. The van der Waals surface area contributed by atoms with E-state index in [4.69, 9.17) is 5.73 Å². The first-order valence-electron chi connectivity index (χ1n) is 5.62. The number of rotatable bonds is 3. The molecule has 2 N–H and O–H groups in total. The van der Waals surface area contributed by atoms with Gasteiger partial charge in [-0.1, -0.05) is 37.9 Å². The van der Waals surface area contributed by atoms with Crippen LogP contribution in [0.3, 0.4) is 0 Å². The van der Waals surface area contributed by atoms with E-state index < -0.39 is 6.04 Å². The quantitative estimate of drug-likeness (QED) is 0.805. The SMILES string of the molecule is NC(Cc1cc(F)ccc1Br)c1c(F)cccc1Br. The Kier molecular flexibility index (Phi) is 4.71. The van der Waals surface area contributed by atoms with Gasteiger partial charge in [0.1, 0.15) is 11.6 Å². The van der Waals surface area contributed by atoms with Crippen LogP contribution >= 0.6 is 31.9 Å². The van der Waals surface area contributed by atoms with Gasteiger partial charge in [-0.05, 0) is 42.3 Å². The number of nitrogens with two attached hydrogens (primary N) is 1. The van der Waals surface area contributed by atoms with Gasteiger partial charge in [0, 0.05) is 20.6 Å². The summed E-state index contributed by atoms with van der Waals surface area (Å²) in [7, 11) is 0. The van der Waals surface area contributed by atoms with Crippen molar-refractivity contribution < 1.29 is 8.78 Å². The molecule has 0 bridgehead atoms. The molecule has 0 aliphatic heterocycles. The zero-order valence-corrected chi connectivity index (χ0v) is 13.0. The maximum Gasteiger partial charge on any atom is 0.129 e. The zero-order chi connectivity index (χ0) is 14.0. The van der Waals surface area contributed by atoms with Crippen molar-refractivity contribution in [3.05, 3.63) is 68.1 Å². The van der Waals surface area contributed by atoms with Gasteiger partial charge >= 0.3 is 0 Å². The second-order valence-corrected chi connectivity index (χ2v) is 5.89. The number of hydrogen-bond acceptors (Lipinski definition) is 1. The van der Waals surface area contributed by atoms with Crippen LogP contribution in [-0.4, -0.2) is 0 Å². The minimum absolute atomic E-state index is 0.335. The average molecular weight is 391 g/mol. The van der Waals surface area contributed by atoms with Gasteiger partial charge < -0.3 is 5.73 Å². The Bertz CT molecular complexity index is 582. The highest BCUT2D eigenvalue weighted by molar-refractivity contribution is 9.10. The second kappa shape index (κ2) is 6.11. The van der Waals surface area contributed by atoms with Crippen molar-refractivity contribution in [1.82, 2.24) is 0 Å². The topological polar surface area (TPSA) is 26.0 Å². The Balaban J connectivity index is 2.31. The summed E-state index contributed by atoms with van der Waals surface area (Å²) in [6.07, 6.45) is 0.345. The van der Waals surface area contributed by atoms with Crippen molar-refractivity contribution in [2.75, 3.05) is 0 Å². The first kappa shape index (κ1) is 14.6. The lowest BCUT2D eigenvalue weighted by Crippen LogP contribution is -2.16. The highest BCUT2D eigenvalue weighted by Crippen LogP contribution is 2.29. The fourth-order valence-corrected chi connectivity index (χ4v) is 2.95. The summed E-state index contributed by atoms with van der Waals surface area (Å²) in [5, 5.41) is 0. The summed E-state index contributed by atoms with van der Waals surface area (Å²) < 4.78 is 28.4. The molecule has 0 saturated heterocycles. The molecule has 0 radical (unpaired) electrons. The largest absolute Gasteiger partial charge is 0.324 e. The maximum absolute atomic E-state index is 13.8. The van der Waals surface area contributed by atoms with Crippen molar-refractivity contribution in [3.8, 4) is 0 Å². The molecule has 0 heterocycles. The van der Waals surface area contributed by atoms with Crippen molar-refractivity contribution >= 4 is 31.9 Å². The highest BCUT2D eigenvalue weighted by Gasteiger charge is 2.16. The van der Waals surface area contributed by atoms with Crippen LogP contribution in [0.1, 0.15) is 17.2 Å². The summed E-state index contributed by atoms with van der Waals surface area (Å²) in [5.41, 5.74) is 7.15. The molecular weight excluding hydrogens is 380 g/mol. The lowest BCUT2D eigenvalue weighted by molar-refractivity contribution is 0.575. The molecule has 5 heteroatoms. The standard InChI is InChI=1S/C14H11Br2F2N/c15-10-5-4-9(17)6-8(10)7-13(19)14-11(16)2-1-3-12(14)18/h1-6,13H,7,19H2. The predicted molar refractivity (Wildman–Crippen MR) is 78.8 cm³/mol. The van der Waals surface area contributed by atoms with E-state index in [1.807, 2.05) is 0 Å². The lowest BCUT2D eigenvalue weighted by atomic mass is 9.99. The Morgan fingerprint density at radius 1 is 1.05 bits per heavy atom. The summed E-state index contributed by atoms with van der Waals surface area (Å²) in [5.74, 6) is -0.701. The molecule has 0 spiro atoms. The highest BCUT2D eigenvalue weighted by atomic mass is 79.9. The molecule has 19 heavy (non-hydrogen) atoms. The fraction of sp³-hybridized carbons (Fsp3) is 0.143. The van der Waals surface area contributed by atoms with Crippen LogP contribution < -0.4 is 5.73 Å². The van der Waals surface area contributed by atoms with Crippen LogP contribution in [0.15, 0.2) is 45.3 Å². The molecule has 1 unspecified atom stereocenters. The van der Waals surface area contributed by atoms with E-state index in [1.54, 1.807) is 18.2 Å². The summed E-state index contributed by atoms with van der Waals surface area (Å²) >= 11 is 6.63. The normalized spacial score (nSPS) is 12.5. The van der Waals surface area contributed by atoms with Crippen molar-refractivity contribution in [3.63, 3.8) is 0 Å². The molecule has 0 amide bonds. The van der Waals surface area contributed by atoms with Crippen LogP contribution in [0.2, 0.25) is 0 Å². The van der Waals surface area contributed by atoms with E-state index in [-0.39, 0.29) is 11.6 Å². The van der Waals surface area contributed by atoms with Crippen LogP contribution in [0, 0.1) is 11.6 Å². The van der Waals surface area contributed by atoms with Crippen LogP contribution in [0.4, 0.5) is 8.78 Å². The number of hydrogen-bond donors (Lipinski definition) is 1. The average Bonchev–Trinajstić information content (AvgIpc) is 2.33. The van der Waals surface area contributed by atoms with E-state index in [2.05, 4.69) is 31.9 Å². The molecule has 0 fully saturated rings. The first-order chi connectivity index (χ1) is 8.99. The Labute approximate surface area is 127 Å². The molecule has 2 aromatic rings. The van der Waals surface area contributed by atoms with Crippen molar-refractivity contribution in [1.29, 1.82) is 0 Å². The maximum atomic E-state index is 13.8. The van der Waals surface area contributed by atoms with Gasteiger partial charge in [0.2, 0.25) is 0 Å². The Hall–Kier alpha value is -0.780. The molecule has 0 aromatic heterocycles. The van der Waals surface area contributed by atoms with Gasteiger partial charge in [0.25, 0.3) is 0 Å². The molecule has 2 aromatic carbocycles. The van der Waals surface area contributed by atoms with Gasteiger partial charge in [0.15, 0.2) is 0 Å². The molecule has 100 valence electrons. The smallest absolute Gasteiger partial charge is 0.129 e. The third-order valence-corrected chi connectivity index (χ3v) is 4.28. The van der Waals surface area contributed by atoms with Crippen LogP contribution in [0.25, 0.3) is 0 Å². The van der Waals surface area contributed by atoms with Gasteiger partial charge in [-0.3, -0.25) is 0 Å². The third kappa shape index (κ3) is 3.41. The Morgan fingerprint density at radius 2 is 1.79 bits per heavy atom. The van der Waals surface area contributed by atoms with E-state index >= 15 is 0 Å². The van der Waals surface area contributed by atoms with Gasteiger partial charge in [0.05, 0.1) is 0 Å². The minimum Gasteiger partial charge on any atom is -0.324 e. The van der Waals surface area contributed by atoms with Gasteiger partial charge in [-0.15, -0.1) is 0 Å². The number of benzene rings is 2. The van der Waals surface area contributed by atoms with E-state index in [0.717, 1.165) is 4.47 Å². The zero-order valence-electron chi connectivity index (χ0n) is 9.84. The van der Waals surface area contributed by atoms with E-state index in [1.165, 1.54) is 18.2 Å². The van der Waals surface area contributed by atoms with Crippen molar-refractivity contribution in [2.24, 2.45) is 5.73 Å². The number of halogens is 4. The minimum atomic E-state index is -0.548. The summed E-state index contributed by atoms with van der Waals surface area (Å²) in [4.78, 5) is 0. The lowest BCUT2D eigenvalue weighted by Gasteiger charge is -2.16. The third-order valence-electron chi connectivity index (χ3n) is 2.82. The summed E-state index contributed by atoms with van der Waals surface area (Å²) in [6.45, 7) is 0. The molecule has 0 saturated carbocycles. The molecular formula is C14H11Br2F2N. The Morgan fingerprint density at radius 3 is 2.47 bits per heavy atom. The van der Waals surface area contributed by atoms with Gasteiger partial charge in [-0.25, -0.2) is 8.78 Å². The molecule has 1 atom stereocenters.